The lowest BCUT2D eigenvalue weighted by atomic mass is 10.1. The number of hydrogen-bond acceptors (Lipinski definition) is 3. The van der Waals surface area contributed by atoms with Gasteiger partial charge in [0.1, 0.15) is 11.8 Å². The largest absolute Gasteiger partial charge is 0.466 e. The van der Waals surface area contributed by atoms with Crippen molar-refractivity contribution in [3.8, 4) is 17.3 Å². The highest BCUT2D eigenvalue weighted by Crippen LogP contribution is 2.37. The number of rotatable bonds is 8. The lowest BCUT2D eigenvalue weighted by molar-refractivity contribution is -0.144. The topological polar surface area (TPSA) is 55.0 Å². The number of ether oxygens (including phenoxy) is 1. The minimum Gasteiger partial charge on any atom is -0.466 e. The van der Waals surface area contributed by atoms with Crippen molar-refractivity contribution < 1.29 is 22.7 Å². The van der Waals surface area contributed by atoms with Crippen LogP contribution in [0.25, 0.3) is 11.3 Å². The Morgan fingerprint density at radius 1 is 1.21 bits per heavy atom. The predicted molar refractivity (Wildman–Crippen MR) is 99.7 cm³/mol. The second-order valence-electron chi connectivity index (χ2n) is 6.18. The fourth-order valence-electron chi connectivity index (χ4n) is 2.97. The summed E-state index contributed by atoms with van der Waals surface area (Å²) in [5, 5.41) is 9.81. The molecule has 0 saturated carbocycles. The maximum Gasteiger partial charge on any atom is 0.431 e. The maximum atomic E-state index is 13.5. The SMILES string of the molecule is CCOC(=O)CCCCCn1c(C(F)(F)F)cc(C#N)c1-c1ccc(Cl)cc1. The van der Waals surface area contributed by atoms with E-state index in [9.17, 15) is 23.2 Å². The molecule has 0 spiro atoms. The Balaban J connectivity index is 2.25. The first kappa shape index (κ1) is 21.8. The van der Waals surface area contributed by atoms with Gasteiger partial charge in [0.05, 0.1) is 17.9 Å². The van der Waals surface area contributed by atoms with Gasteiger partial charge in [0.2, 0.25) is 0 Å². The van der Waals surface area contributed by atoms with Crippen molar-refractivity contribution in [3.05, 3.63) is 46.6 Å². The minimum atomic E-state index is -4.58. The normalized spacial score (nSPS) is 11.3. The van der Waals surface area contributed by atoms with E-state index in [0.717, 1.165) is 10.6 Å². The van der Waals surface area contributed by atoms with E-state index in [-0.39, 0.29) is 30.2 Å². The molecule has 0 fully saturated rings. The van der Waals surface area contributed by atoms with Crippen LogP contribution in [0.3, 0.4) is 0 Å². The third-order valence-corrected chi connectivity index (χ3v) is 4.45. The van der Waals surface area contributed by atoms with E-state index in [0.29, 0.717) is 36.5 Å². The number of nitriles is 1. The molecular weight excluding hydrogens is 393 g/mol. The van der Waals surface area contributed by atoms with E-state index in [1.165, 1.54) is 0 Å². The molecule has 2 rings (SSSR count). The molecule has 8 heteroatoms. The average Bonchev–Trinajstić information content (AvgIpc) is 3.01. The Hall–Kier alpha value is -2.46. The second-order valence-corrected chi connectivity index (χ2v) is 6.61. The maximum absolute atomic E-state index is 13.5. The molecule has 0 aliphatic carbocycles. The third kappa shape index (κ3) is 5.52. The summed E-state index contributed by atoms with van der Waals surface area (Å²) in [6.45, 7) is 2.10. The van der Waals surface area contributed by atoms with Crippen LogP contribution in [0.4, 0.5) is 13.2 Å². The molecule has 150 valence electrons. The smallest absolute Gasteiger partial charge is 0.431 e. The molecule has 0 N–H and O–H groups in total. The minimum absolute atomic E-state index is 0.0406. The first-order valence-corrected chi connectivity index (χ1v) is 9.28. The lowest BCUT2D eigenvalue weighted by Crippen LogP contribution is -2.14. The first-order valence-electron chi connectivity index (χ1n) is 8.90. The van der Waals surface area contributed by atoms with Crippen LogP contribution >= 0.6 is 11.6 Å². The van der Waals surface area contributed by atoms with Crippen LogP contribution in [0.1, 0.15) is 43.9 Å². The molecule has 0 saturated heterocycles. The number of carbonyl (C=O) groups excluding carboxylic acids is 1. The molecule has 0 unspecified atom stereocenters. The van der Waals surface area contributed by atoms with Crippen LogP contribution in [0.5, 0.6) is 0 Å². The van der Waals surface area contributed by atoms with E-state index < -0.39 is 11.9 Å². The molecule has 0 radical (unpaired) electrons. The fraction of sp³-hybridized carbons (Fsp3) is 0.400. The molecule has 0 amide bonds. The summed E-state index contributed by atoms with van der Waals surface area (Å²) in [6, 6.07) is 9.06. The summed E-state index contributed by atoms with van der Waals surface area (Å²) in [6.07, 6.45) is -2.82. The number of benzene rings is 1. The molecule has 1 aromatic heterocycles. The van der Waals surface area contributed by atoms with E-state index in [1.807, 2.05) is 6.07 Å². The number of alkyl halides is 3. The molecule has 28 heavy (non-hydrogen) atoms. The number of aromatic nitrogens is 1. The molecule has 4 nitrogen and oxygen atoms in total. The molecule has 0 aliphatic rings. The van der Waals surface area contributed by atoms with Crippen LogP contribution in [-0.4, -0.2) is 17.1 Å². The lowest BCUT2D eigenvalue weighted by Gasteiger charge is -2.16. The van der Waals surface area contributed by atoms with E-state index in [4.69, 9.17) is 16.3 Å². The van der Waals surface area contributed by atoms with Crippen molar-refractivity contribution in [2.75, 3.05) is 6.61 Å². The zero-order valence-corrected chi connectivity index (χ0v) is 16.1. The summed E-state index contributed by atoms with van der Waals surface area (Å²) in [4.78, 5) is 11.3. The molecule has 0 aliphatic heterocycles. The van der Waals surface area contributed by atoms with Gasteiger partial charge in [-0.25, -0.2) is 0 Å². The van der Waals surface area contributed by atoms with Crippen molar-refractivity contribution in [1.29, 1.82) is 5.26 Å². The van der Waals surface area contributed by atoms with Gasteiger partial charge in [0, 0.05) is 18.0 Å². The van der Waals surface area contributed by atoms with E-state index >= 15 is 0 Å². The summed E-state index contributed by atoms with van der Waals surface area (Å²) >= 11 is 5.87. The fourth-order valence-corrected chi connectivity index (χ4v) is 3.10. The van der Waals surface area contributed by atoms with Crippen molar-refractivity contribution in [2.24, 2.45) is 0 Å². The highest BCUT2D eigenvalue weighted by Gasteiger charge is 2.36. The van der Waals surface area contributed by atoms with E-state index in [1.54, 1.807) is 31.2 Å². The predicted octanol–water partition coefficient (Wildman–Crippen LogP) is 5.82. The third-order valence-electron chi connectivity index (χ3n) is 4.19. The van der Waals surface area contributed by atoms with Gasteiger partial charge in [0.25, 0.3) is 0 Å². The highest BCUT2D eigenvalue weighted by molar-refractivity contribution is 6.30. The van der Waals surface area contributed by atoms with Crippen LogP contribution < -0.4 is 0 Å². The Labute approximate surface area is 166 Å². The number of halogens is 4. The van der Waals surface area contributed by atoms with Gasteiger partial charge in [-0.1, -0.05) is 30.2 Å². The summed E-state index contributed by atoms with van der Waals surface area (Å²) in [5.74, 6) is -0.312. The van der Waals surface area contributed by atoms with Crippen molar-refractivity contribution >= 4 is 17.6 Å². The van der Waals surface area contributed by atoms with Gasteiger partial charge in [-0.2, -0.15) is 18.4 Å². The van der Waals surface area contributed by atoms with Gasteiger partial charge < -0.3 is 9.30 Å². The van der Waals surface area contributed by atoms with Gasteiger partial charge in [-0.3, -0.25) is 4.79 Å². The zero-order valence-electron chi connectivity index (χ0n) is 15.4. The highest BCUT2D eigenvalue weighted by atomic mass is 35.5. The van der Waals surface area contributed by atoms with Crippen molar-refractivity contribution in [2.45, 2.75) is 45.3 Å². The van der Waals surface area contributed by atoms with Gasteiger partial charge >= 0.3 is 12.1 Å². The zero-order chi connectivity index (χ0) is 20.7. The Morgan fingerprint density at radius 3 is 2.46 bits per heavy atom. The number of carbonyl (C=O) groups is 1. The molecule has 1 heterocycles. The second kappa shape index (κ2) is 9.65. The molecule has 1 aromatic carbocycles. The first-order chi connectivity index (χ1) is 13.3. The van der Waals surface area contributed by atoms with E-state index in [2.05, 4.69) is 0 Å². The Bertz CT molecular complexity index is 852. The Morgan fingerprint density at radius 2 is 1.89 bits per heavy atom. The van der Waals surface area contributed by atoms with Crippen LogP contribution in [0.15, 0.2) is 30.3 Å². The Kier molecular flexibility index (Phi) is 7.53. The molecular formula is C20H20ClF3N2O2. The number of esters is 1. The van der Waals surface area contributed by atoms with Crippen LogP contribution in [-0.2, 0) is 22.3 Å². The van der Waals surface area contributed by atoms with Gasteiger partial charge in [-0.05, 0) is 43.5 Å². The van der Waals surface area contributed by atoms with Gasteiger partial charge in [-0.15, -0.1) is 0 Å². The number of hydrogen-bond donors (Lipinski definition) is 0. The molecule has 2 aromatic rings. The summed E-state index contributed by atoms with van der Waals surface area (Å²) in [5.41, 5.74) is -0.194. The standard InChI is InChI=1S/C20H20ClF3N2O2/c1-2-28-18(27)6-4-3-5-11-26-17(20(22,23)24)12-15(13-25)19(26)14-7-9-16(21)10-8-14/h7-10,12H,2-6,11H2,1H3. The van der Waals surface area contributed by atoms with Gasteiger partial charge in [0.15, 0.2) is 0 Å². The summed E-state index contributed by atoms with van der Waals surface area (Å²) < 4.78 is 46.5. The quantitative estimate of drug-likeness (QED) is 0.405. The van der Waals surface area contributed by atoms with Crippen molar-refractivity contribution in [1.82, 2.24) is 4.57 Å². The molecule has 0 bridgehead atoms. The number of unbranched alkanes of at least 4 members (excludes halogenated alkanes) is 2. The summed E-state index contributed by atoms with van der Waals surface area (Å²) in [7, 11) is 0. The molecule has 0 atom stereocenters. The number of nitrogens with zero attached hydrogens (tertiary/aromatic N) is 2. The van der Waals surface area contributed by atoms with Crippen molar-refractivity contribution in [3.63, 3.8) is 0 Å². The average molecular weight is 413 g/mol. The van der Waals surface area contributed by atoms with Crippen LogP contribution in [0, 0.1) is 11.3 Å². The monoisotopic (exact) mass is 412 g/mol. The van der Waals surface area contributed by atoms with Crippen LogP contribution in [0.2, 0.25) is 5.02 Å².